The summed E-state index contributed by atoms with van der Waals surface area (Å²) < 4.78 is 13.5. The molecule has 192 valence electrons. The molecule has 4 heterocycles. The van der Waals surface area contributed by atoms with Crippen LogP contribution in [0.15, 0.2) is 53.7 Å². The van der Waals surface area contributed by atoms with Crippen LogP contribution in [0.1, 0.15) is 29.6 Å². The van der Waals surface area contributed by atoms with E-state index in [9.17, 15) is 9.59 Å². The highest BCUT2D eigenvalue weighted by molar-refractivity contribution is 6.00. The monoisotopic (exact) mass is 504 g/mol. The number of rotatable bonds is 8. The lowest BCUT2D eigenvalue weighted by Crippen LogP contribution is -2.33. The first-order chi connectivity index (χ1) is 18.0. The van der Waals surface area contributed by atoms with Crippen molar-refractivity contribution in [3.05, 3.63) is 64.8 Å². The van der Waals surface area contributed by atoms with E-state index in [4.69, 9.17) is 9.47 Å². The van der Waals surface area contributed by atoms with Crippen LogP contribution in [0.5, 0.6) is 5.75 Å². The molecule has 0 bridgehead atoms. The highest BCUT2D eigenvalue weighted by Gasteiger charge is 2.27. The SMILES string of the molecule is CNc1cc(Nc2cccn(-c3ccc(OC)cn3)c2=O)nc2c(C(=O)NC3CC[C@@H](OC)C3)cnn12. The highest BCUT2D eigenvalue weighted by Crippen LogP contribution is 2.24. The van der Waals surface area contributed by atoms with Gasteiger partial charge >= 0.3 is 0 Å². The van der Waals surface area contributed by atoms with Crippen molar-refractivity contribution in [1.29, 1.82) is 0 Å². The number of amides is 1. The van der Waals surface area contributed by atoms with Crippen molar-refractivity contribution < 1.29 is 14.3 Å². The number of hydrogen-bond donors (Lipinski definition) is 3. The van der Waals surface area contributed by atoms with Crippen LogP contribution in [0, 0.1) is 0 Å². The molecule has 12 heteroatoms. The molecule has 2 atom stereocenters. The van der Waals surface area contributed by atoms with Gasteiger partial charge in [-0.05, 0) is 43.5 Å². The number of ether oxygens (including phenoxy) is 2. The van der Waals surface area contributed by atoms with E-state index >= 15 is 0 Å². The number of nitrogens with one attached hydrogen (secondary N) is 3. The standard InChI is InChI=1S/C25H28N8O4/c1-26-22-12-20(30-19-5-4-10-32(25(19)35)21-9-8-17(37-3)13-27-21)31-23-18(14-28-33(22)23)24(34)29-15-6-7-16(11-15)36-2/h4-5,8-10,12-16,26H,6-7,11H2,1-3H3,(H,29,34)(H,30,31)/t15?,16-/m1/s1. The molecule has 0 aliphatic heterocycles. The molecule has 0 aromatic carbocycles. The van der Waals surface area contributed by atoms with E-state index in [2.05, 4.69) is 31.0 Å². The molecule has 0 saturated heterocycles. The molecule has 1 unspecified atom stereocenters. The van der Waals surface area contributed by atoms with E-state index in [1.165, 1.54) is 10.8 Å². The van der Waals surface area contributed by atoms with E-state index in [0.717, 1.165) is 19.3 Å². The largest absolute Gasteiger partial charge is 0.495 e. The Kier molecular flexibility index (Phi) is 6.73. The summed E-state index contributed by atoms with van der Waals surface area (Å²) in [4.78, 5) is 35.2. The first kappa shape index (κ1) is 24.3. The van der Waals surface area contributed by atoms with Gasteiger partial charge < -0.3 is 25.4 Å². The maximum absolute atomic E-state index is 13.2. The summed E-state index contributed by atoms with van der Waals surface area (Å²) in [5.74, 6) is 1.77. The first-order valence-corrected chi connectivity index (χ1v) is 11.9. The zero-order valence-corrected chi connectivity index (χ0v) is 20.8. The zero-order valence-electron chi connectivity index (χ0n) is 20.8. The molecule has 1 aliphatic rings. The van der Waals surface area contributed by atoms with Crippen LogP contribution in [0.25, 0.3) is 11.5 Å². The van der Waals surface area contributed by atoms with Gasteiger partial charge in [0.25, 0.3) is 11.5 Å². The third-order valence-electron chi connectivity index (χ3n) is 6.44. The normalized spacial score (nSPS) is 17.1. The maximum atomic E-state index is 13.2. The van der Waals surface area contributed by atoms with Crippen molar-refractivity contribution in [3.63, 3.8) is 0 Å². The van der Waals surface area contributed by atoms with Crippen LogP contribution >= 0.6 is 0 Å². The molecule has 1 amide bonds. The van der Waals surface area contributed by atoms with Crippen molar-refractivity contribution >= 4 is 28.9 Å². The Morgan fingerprint density at radius 2 is 2.03 bits per heavy atom. The summed E-state index contributed by atoms with van der Waals surface area (Å²) in [6.45, 7) is 0. The van der Waals surface area contributed by atoms with Crippen LogP contribution in [0.2, 0.25) is 0 Å². The maximum Gasteiger partial charge on any atom is 0.279 e. The first-order valence-electron chi connectivity index (χ1n) is 11.9. The Morgan fingerprint density at radius 1 is 1.16 bits per heavy atom. The third kappa shape index (κ3) is 4.83. The molecule has 1 saturated carbocycles. The van der Waals surface area contributed by atoms with Gasteiger partial charge in [0.05, 0.1) is 25.6 Å². The zero-order chi connectivity index (χ0) is 25.9. The van der Waals surface area contributed by atoms with Crippen molar-refractivity contribution in [2.45, 2.75) is 31.4 Å². The lowest BCUT2D eigenvalue weighted by Gasteiger charge is -2.13. The van der Waals surface area contributed by atoms with Gasteiger partial charge in [-0.15, -0.1) is 0 Å². The van der Waals surface area contributed by atoms with Gasteiger partial charge in [0, 0.05) is 32.5 Å². The van der Waals surface area contributed by atoms with Crippen LogP contribution in [-0.2, 0) is 4.74 Å². The fourth-order valence-corrected chi connectivity index (χ4v) is 4.46. The minimum absolute atomic E-state index is 0.0341. The van der Waals surface area contributed by atoms with Gasteiger partial charge in [-0.1, -0.05) is 0 Å². The van der Waals surface area contributed by atoms with E-state index in [1.807, 2.05) is 0 Å². The van der Waals surface area contributed by atoms with E-state index in [0.29, 0.717) is 40.1 Å². The van der Waals surface area contributed by atoms with Gasteiger partial charge in [-0.25, -0.2) is 9.97 Å². The number of aromatic nitrogens is 5. The Hall–Kier alpha value is -4.45. The van der Waals surface area contributed by atoms with Crippen LogP contribution in [0.4, 0.5) is 17.3 Å². The average molecular weight is 505 g/mol. The fourth-order valence-electron chi connectivity index (χ4n) is 4.46. The number of carbonyl (C=O) groups excluding carboxylic acids is 1. The van der Waals surface area contributed by atoms with Crippen molar-refractivity contribution in [3.8, 4) is 11.6 Å². The quantitative estimate of drug-likeness (QED) is 0.330. The van der Waals surface area contributed by atoms with E-state index in [1.54, 1.807) is 68.5 Å². The van der Waals surface area contributed by atoms with Gasteiger partial charge in [-0.2, -0.15) is 9.61 Å². The smallest absolute Gasteiger partial charge is 0.279 e. The second kappa shape index (κ2) is 10.3. The van der Waals surface area contributed by atoms with Gasteiger partial charge in [0.1, 0.15) is 34.5 Å². The average Bonchev–Trinajstić information content (AvgIpc) is 3.56. The Bertz CT molecular complexity index is 1480. The molecular weight excluding hydrogens is 476 g/mol. The van der Waals surface area contributed by atoms with E-state index in [-0.39, 0.29) is 23.6 Å². The molecule has 12 nitrogen and oxygen atoms in total. The minimum atomic E-state index is -0.312. The summed E-state index contributed by atoms with van der Waals surface area (Å²) in [6, 6.07) is 8.57. The predicted octanol–water partition coefficient (Wildman–Crippen LogP) is 2.37. The third-order valence-corrected chi connectivity index (χ3v) is 6.44. The van der Waals surface area contributed by atoms with Crippen molar-refractivity contribution in [2.75, 3.05) is 31.9 Å². The lowest BCUT2D eigenvalue weighted by molar-refractivity contribution is 0.0916. The van der Waals surface area contributed by atoms with Crippen molar-refractivity contribution in [2.24, 2.45) is 0 Å². The minimum Gasteiger partial charge on any atom is -0.495 e. The number of nitrogens with zero attached hydrogens (tertiary/aromatic N) is 5. The fraction of sp³-hybridized carbons (Fsp3) is 0.320. The summed E-state index contributed by atoms with van der Waals surface area (Å²) in [5.41, 5.74) is 0.685. The second-order valence-electron chi connectivity index (χ2n) is 8.69. The molecule has 5 rings (SSSR count). The molecule has 4 aromatic heterocycles. The summed E-state index contributed by atoms with van der Waals surface area (Å²) >= 11 is 0. The molecular formula is C25H28N8O4. The van der Waals surface area contributed by atoms with E-state index < -0.39 is 0 Å². The van der Waals surface area contributed by atoms with Gasteiger partial charge in [0.15, 0.2) is 5.65 Å². The summed E-state index contributed by atoms with van der Waals surface area (Å²) in [7, 11) is 4.98. The summed E-state index contributed by atoms with van der Waals surface area (Å²) in [6.07, 6.45) is 7.37. The molecule has 1 fully saturated rings. The number of pyridine rings is 2. The second-order valence-corrected chi connectivity index (χ2v) is 8.69. The number of fused-ring (bicyclic) bond motifs is 1. The number of methoxy groups -OCH3 is 2. The number of anilines is 3. The molecule has 3 N–H and O–H groups in total. The lowest BCUT2D eigenvalue weighted by atomic mass is 10.2. The van der Waals surface area contributed by atoms with Gasteiger partial charge in [0.2, 0.25) is 0 Å². The molecule has 0 spiro atoms. The Balaban J connectivity index is 1.44. The predicted molar refractivity (Wildman–Crippen MR) is 138 cm³/mol. The van der Waals surface area contributed by atoms with Crippen LogP contribution < -0.4 is 26.2 Å². The number of carbonyl (C=O) groups is 1. The van der Waals surface area contributed by atoms with Crippen molar-refractivity contribution in [1.82, 2.24) is 29.5 Å². The Labute approximate surface area is 212 Å². The van der Waals surface area contributed by atoms with Crippen LogP contribution in [-0.4, -0.2) is 63.5 Å². The molecule has 4 aromatic rings. The highest BCUT2D eigenvalue weighted by atomic mass is 16.5. The number of hydrogen-bond acceptors (Lipinski definition) is 9. The topological polar surface area (TPSA) is 137 Å². The molecule has 0 radical (unpaired) electrons. The molecule has 1 aliphatic carbocycles. The van der Waals surface area contributed by atoms with Crippen LogP contribution in [0.3, 0.4) is 0 Å². The van der Waals surface area contributed by atoms with Gasteiger partial charge in [-0.3, -0.25) is 14.2 Å². The molecule has 37 heavy (non-hydrogen) atoms. The summed E-state index contributed by atoms with van der Waals surface area (Å²) in [5, 5.41) is 13.6. The Morgan fingerprint density at radius 3 is 2.73 bits per heavy atom.